The van der Waals surface area contributed by atoms with E-state index in [2.05, 4.69) is 250 Å². The molecule has 3 aliphatic rings. The molecule has 13 rings (SSSR count). The lowest BCUT2D eigenvalue weighted by Gasteiger charge is -2.35. The highest BCUT2D eigenvalue weighted by Crippen LogP contribution is 2.50. The molecule has 0 N–H and O–H groups in total. The molecule has 10 aromatic rings. The lowest BCUT2D eigenvalue weighted by molar-refractivity contribution is 0.660. The van der Waals surface area contributed by atoms with Crippen LogP contribution in [-0.4, -0.2) is 16.1 Å². The highest BCUT2D eigenvalue weighted by molar-refractivity contribution is 7.23. The molecule has 3 heteroatoms. The molecule has 0 spiro atoms. The molecule has 318 valence electrons. The number of anilines is 3. The van der Waals surface area contributed by atoms with Crippen molar-refractivity contribution in [1.29, 1.82) is 0 Å². The summed E-state index contributed by atoms with van der Waals surface area (Å²) in [5.41, 5.74) is 15.1. The number of nitrogens with zero attached hydrogens (tertiary/aromatic N) is 1. The first kappa shape index (κ1) is 38.7. The number of hydrogen-bond donors (Lipinski definition) is 0. The summed E-state index contributed by atoms with van der Waals surface area (Å²) in [6.45, 7) is 7.05. The van der Waals surface area contributed by atoms with Gasteiger partial charge in [-0.3, -0.25) is 0 Å². The molecule has 0 unspecified atom stereocenters. The topological polar surface area (TPSA) is 3.24 Å². The van der Waals surface area contributed by atoms with E-state index in [0.29, 0.717) is 6.04 Å². The molecule has 0 amide bonds. The van der Waals surface area contributed by atoms with Gasteiger partial charge in [-0.1, -0.05) is 220 Å². The summed E-state index contributed by atoms with van der Waals surface area (Å²) in [6.07, 6.45) is 0. The van der Waals surface area contributed by atoms with Gasteiger partial charge in [0.1, 0.15) is 0 Å². The van der Waals surface area contributed by atoms with Crippen molar-refractivity contribution in [3.63, 3.8) is 0 Å². The molecule has 0 bridgehead atoms. The Morgan fingerprint density at radius 3 is 1.39 bits per heavy atom. The predicted octanol–water partition coefficient (Wildman–Crippen LogP) is 10.5. The van der Waals surface area contributed by atoms with Crippen molar-refractivity contribution in [3.05, 3.63) is 259 Å². The monoisotopic (exact) mass is 888 g/mol. The number of fused-ring (bicyclic) bond motifs is 9. The van der Waals surface area contributed by atoms with Crippen molar-refractivity contribution in [2.75, 3.05) is 4.90 Å². The lowest BCUT2D eigenvalue weighted by atomic mass is 9.82. The Balaban J connectivity index is 1.09. The molecule has 67 heavy (non-hydrogen) atoms. The summed E-state index contributed by atoms with van der Waals surface area (Å²) >= 11 is 0. The van der Waals surface area contributed by atoms with Crippen LogP contribution in [0.4, 0.5) is 17.1 Å². The minimum Gasteiger partial charge on any atom is -0.310 e. The summed E-state index contributed by atoms with van der Waals surface area (Å²) in [5, 5.41) is 11.1. The summed E-state index contributed by atoms with van der Waals surface area (Å²) in [5.74, 6) is 0. The van der Waals surface area contributed by atoms with Gasteiger partial charge in [-0.15, -0.1) is 0 Å². The Morgan fingerprint density at radius 2 is 0.791 bits per heavy atom. The molecular weight excluding hydrogens is 839 g/mol. The molecular formula is C64H49NSi2. The fourth-order valence-corrected chi connectivity index (χ4v) is 23.1. The fraction of sp³-hybridized carbons (Fsp3) is 0.0625. The van der Waals surface area contributed by atoms with Crippen molar-refractivity contribution in [1.82, 2.24) is 0 Å². The Labute approximate surface area is 397 Å². The molecule has 10 aromatic carbocycles. The van der Waals surface area contributed by atoms with E-state index in [9.17, 15) is 0 Å². The molecule has 2 heterocycles. The van der Waals surface area contributed by atoms with Gasteiger partial charge in [0.25, 0.3) is 0 Å². The molecule has 0 aromatic heterocycles. The average molecular weight is 889 g/mol. The second-order valence-corrected chi connectivity index (χ2v) is 26.6. The quantitative estimate of drug-likeness (QED) is 0.144. The number of benzene rings is 10. The maximum atomic E-state index is 8.58. The van der Waals surface area contributed by atoms with Crippen LogP contribution in [0.5, 0.6) is 0 Å². The van der Waals surface area contributed by atoms with Crippen LogP contribution in [0.2, 0.25) is 0 Å². The molecule has 0 fully saturated rings. The van der Waals surface area contributed by atoms with Gasteiger partial charge in [0.05, 0.1) is 1.37 Å². The van der Waals surface area contributed by atoms with Gasteiger partial charge in [0.15, 0.2) is 16.1 Å². The second kappa shape index (κ2) is 15.0. The molecule has 0 radical (unpaired) electrons. The maximum Gasteiger partial charge on any atom is 0.180 e. The Morgan fingerprint density at radius 1 is 0.343 bits per heavy atom. The summed E-state index contributed by atoms with van der Waals surface area (Å²) in [6, 6.07) is 90.0. The third-order valence-electron chi connectivity index (χ3n) is 15.4. The van der Waals surface area contributed by atoms with Crippen molar-refractivity contribution in [2.24, 2.45) is 0 Å². The SMILES string of the molecule is [2H]c1ccc([Si]2(c3cccc(N(c4cc(C)cc([Si]5(c6ccccc6)c6ccccc6-c6ccccc65)c4)c4ccc5c(c4)C(C)(C)c4ccccc4-5)c3)c3ccccc3-c3ccccc32)cc1. The van der Waals surface area contributed by atoms with E-state index in [1.807, 2.05) is 12.1 Å². The van der Waals surface area contributed by atoms with E-state index in [1.165, 1.54) is 91.6 Å². The Bertz CT molecular complexity index is 3560. The minimum atomic E-state index is -2.89. The first-order valence-electron chi connectivity index (χ1n) is 24.1. The summed E-state index contributed by atoms with van der Waals surface area (Å²) in [4.78, 5) is 2.56. The first-order chi connectivity index (χ1) is 33.3. The summed E-state index contributed by atoms with van der Waals surface area (Å²) < 4.78 is 8.58. The zero-order valence-corrected chi connectivity index (χ0v) is 40.0. The lowest BCUT2D eigenvalue weighted by Crippen LogP contribution is -2.73. The van der Waals surface area contributed by atoms with Gasteiger partial charge in [0, 0.05) is 22.5 Å². The third kappa shape index (κ3) is 5.59. The third-order valence-corrected chi connectivity index (χ3v) is 25.1. The summed E-state index contributed by atoms with van der Waals surface area (Å²) in [7, 11) is -5.72. The van der Waals surface area contributed by atoms with Crippen LogP contribution in [0.1, 0.15) is 31.9 Å². The van der Waals surface area contributed by atoms with E-state index in [0.717, 1.165) is 17.1 Å². The van der Waals surface area contributed by atoms with Crippen molar-refractivity contribution >= 4 is 74.7 Å². The van der Waals surface area contributed by atoms with Crippen molar-refractivity contribution in [3.8, 4) is 33.4 Å². The average Bonchev–Trinajstić information content (AvgIpc) is 3.94. The largest absolute Gasteiger partial charge is 0.310 e. The number of hydrogen-bond acceptors (Lipinski definition) is 1. The number of rotatable bonds is 7. The molecule has 1 aliphatic carbocycles. The van der Waals surface area contributed by atoms with Crippen LogP contribution in [-0.2, 0) is 5.41 Å². The van der Waals surface area contributed by atoms with Gasteiger partial charge >= 0.3 is 0 Å². The molecule has 0 saturated heterocycles. The normalized spacial score (nSPS) is 15.1. The fourth-order valence-electron chi connectivity index (χ4n) is 12.6. The van der Waals surface area contributed by atoms with Crippen LogP contribution >= 0.6 is 0 Å². The van der Waals surface area contributed by atoms with Crippen LogP contribution in [0.15, 0.2) is 243 Å². The van der Waals surface area contributed by atoms with E-state index in [4.69, 9.17) is 1.37 Å². The van der Waals surface area contributed by atoms with Gasteiger partial charge in [-0.05, 0) is 135 Å². The van der Waals surface area contributed by atoms with Crippen LogP contribution in [0, 0.1) is 6.92 Å². The molecule has 1 nitrogen and oxygen atoms in total. The highest BCUT2D eigenvalue weighted by Gasteiger charge is 2.50. The number of aryl methyl sites for hydroxylation is 1. The molecule has 0 atom stereocenters. The Kier molecular flexibility index (Phi) is 8.65. The van der Waals surface area contributed by atoms with Gasteiger partial charge in [-0.25, -0.2) is 0 Å². The first-order valence-corrected chi connectivity index (χ1v) is 27.6. The predicted molar refractivity (Wildman–Crippen MR) is 289 cm³/mol. The Hall–Kier alpha value is -7.57. The molecule has 2 aliphatic heterocycles. The second-order valence-electron chi connectivity index (χ2n) is 19.2. The zero-order chi connectivity index (χ0) is 45.8. The van der Waals surface area contributed by atoms with Crippen molar-refractivity contribution < 1.29 is 1.37 Å². The van der Waals surface area contributed by atoms with E-state index < -0.39 is 16.1 Å². The highest BCUT2D eigenvalue weighted by atomic mass is 28.3. The standard InChI is InChI=1S/C64H49NSi2/c1-44-39-47(42-51(40-44)67(49-24-8-5-9-25-49)62-35-18-13-30-56(62)57-31-14-19-36-63(57)67)65(46-37-38-53-52-27-10-15-32-58(52)64(2,3)59(53)43-46)45-21-20-26-50(41-45)66(48-22-6-4-7-23-48)60-33-16-11-28-54(60)55-29-12-17-34-61(55)66/h4-43H,1-3H3/i4D. The molecule has 0 saturated carbocycles. The van der Waals surface area contributed by atoms with Crippen molar-refractivity contribution in [2.45, 2.75) is 26.2 Å². The van der Waals surface area contributed by atoms with E-state index >= 15 is 0 Å². The van der Waals surface area contributed by atoms with Crippen LogP contribution in [0.25, 0.3) is 33.4 Å². The van der Waals surface area contributed by atoms with E-state index in [-0.39, 0.29) is 5.41 Å². The smallest absolute Gasteiger partial charge is 0.180 e. The van der Waals surface area contributed by atoms with E-state index in [1.54, 1.807) is 0 Å². The van der Waals surface area contributed by atoms with Crippen LogP contribution in [0.3, 0.4) is 0 Å². The van der Waals surface area contributed by atoms with Crippen LogP contribution < -0.4 is 46.4 Å². The van der Waals surface area contributed by atoms with Gasteiger partial charge in [0.2, 0.25) is 0 Å². The maximum absolute atomic E-state index is 8.58. The van der Waals surface area contributed by atoms with Gasteiger partial charge in [-0.2, -0.15) is 0 Å². The zero-order valence-electron chi connectivity index (χ0n) is 39.0. The minimum absolute atomic E-state index is 0.174. The van der Waals surface area contributed by atoms with Gasteiger partial charge < -0.3 is 4.90 Å².